The molecular weight excluding hydrogens is 196 g/mol. The van der Waals surface area contributed by atoms with E-state index in [1.807, 2.05) is 5.32 Å². The minimum absolute atomic E-state index is 0.0625. The van der Waals surface area contributed by atoms with Gasteiger partial charge in [0.25, 0.3) is 0 Å². The number of carbonyl (C=O) groups excluding carboxylic acids is 2. The summed E-state index contributed by atoms with van der Waals surface area (Å²) >= 11 is 0. The summed E-state index contributed by atoms with van der Waals surface area (Å²) in [6.07, 6.45) is 0.0625. The normalized spacial score (nSPS) is 9.40. The lowest BCUT2D eigenvalue weighted by molar-refractivity contribution is -0.119. The highest BCUT2D eigenvalue weighted by Gasteiger charge is 2.08. The van der Waals surface area contributed by atoms with Crippen molar-refractivity contribution in [2.45, 2.75) is 6.42 Å². The van der Waals surface area contributed by atoms with Crippen molar-refractivity contribution in [3.05, 3.63) is 29.8 Å². The number of nitrogens with two attached hydrogens (primary N) is 1. The lowest BCUT2D eigenvalue weighted by Gasteiger charge is -2.06. The number of carbonyl (C=O) groups is 2. The number of hydrogen-bond donors (Lipinski definition) is 2. The molecule has 0 spiro atoms. The van der Waals surface area contributed by atoms with Crippen molar-refractivity contribution in [2.24, 2.45) is 5.73 Å². The maximum Gasteiger partial charge on any atom is 0.318 e. The van der Waals surface area contributed by atoms with E-state index >= 15 is 0 Å². The number of nitrogens with one attached hydrogen (secondary N) is 1. The first-order valence-electron chi connectivity index (χ1n) is 4.34. The van der Waals surface area contributed by atoms with Crippen molar-refractivity contribution in [3.8, 4) is 5.75 Å². The Bertz CT molecular complexity index is 377. The smallest absolute Gasteiger partial charge is 0.318 e. The molecule has 0 aromatic heterocycles. The van der Waals surface area contributed by atoms with E-state index in [-0.39, 0.29) is 6.42 Å². The summed E-state index contributed by atoms with van der Waals surface area (Å²) in [5.74, 6) is 0.157. The van der Waals surface area contributed by atoms with E-state index in [9.17, 15) is 9.59 Å². The largest absolute Gasteiger partial charge is 0.496 e. The Morgan fingerprint density at radius 3 is 2.67 bits per heavy atom. The molecule has 3 N–H and O–H groups in total. The van der Waals surface area contributed by atoms with Crippen LogP contribution in [0.2, 0.25) is 0 Å². The van der Waals surface area contributed by atoms with E-state index < -0.39 is 11.9 Å². The molecule has 0 saturated heterocycles. The summed E-state index contributed by atoms with van der Waals surface area (Å²) in [6.45, 7) is 0. The van der Waals surface area contributed by atoms with E-state index in [0.29, 0.717) is 11.3 Å². The van der Waals surface area contributed by atoms with E-state index in [4.69, 9.17) is 10.5 Å². The lowest BCUT2D eigenvalue weighted by Crippen LogP contribution is -2.35. The van der Waals surface area contributed by atoms with Crippen LogP contribution in [-0.4, -0.2) is 19.0 Å². The highest BCUT2D eigenvalue weighted by molar-refractivity contribution is 5.94. The van der Waals surface area contributed by atoms with Gasteiger partial charge in [0.1, 0.15) is 5.75 Å². The van der Waals surface area contributed by atoms with Crippen LogP contribution in [0.15, 0.2) is 24.3 Å². The minimum Gasteiger partial charge on any atom is -0.496 e. The molecule has 0 aliphatic rings. The fourth-order valence-corrected chi connectivity index (χ4v) is 1.20. The van der Waals surface area contributed by atoms with E-state index in [0.717, 1.165) is 0 Å². The number of imide groups is 1. The first-order chi connectivity index (χ1) is 7.13. The van der Waals surface area contributed by atoms with Crippen LogP contribution in [0.5, 0.6) is 5.75 Å². The van der Waals surface area contributed by atoms with Crippen molar-refractivity contribution >= 4 is 11.9 Å². The van der Waals surface area contributed by atoms with Gasteiger partial charge < -0.3 is 10.5 Å². The maximum atomic E-state index is 11.2. The molecule has 3 amide bonds. The van der Waals surface area contributed by atoms with Crippen LogP contribution in [0, 0.1) is 0 Å². The van der Waals surface area contributed by atoms with Crippen LogP contribution in [0.1, 0.15) is 5.56 Å². The summed E-state index contributed by atoms with van der Waals surface area (Å²) < 4.78 is 5.06. The van der Waals surface area contributed by atoms with Crippen LogP contribution < -0.4 is 15.8 Å². The maximum absolute atomic E-state index is 11.2. The number of methoxy groups -OCH3 is 1. The van der Waals surface area contributed by atoms with Crippen molar-refractivity contribution < 1.29 is 14.3 Å². The van der Waals surface area contributed by atoms with Crippen LogP contribution in [0.4, 0.5) is 4.79 Å². The molecule has 80 valence electrons. The molecule has 15 heavy (non-hydrogen) atoms. The highest BCUT2D eigenvalue weighted by Crippen LogP contribution is 2.17. The van der Waals surface area contributed by atoms with E-state index in [1.54, 1.807) is 24.3 Å². The van der Waals surface area contributed by atoms with Gasteiger partial charge in [0.2, 0.25) is 5.91 Å². The quantitative estimate of drug-likeness (QED) is 0.755. The van der Waals surface area contributed by atoms with Gasteiger partial charge in [0, 0.05) is 5.56 Å². The number of rotatable bonds is 3. The molecule has 0 fully saturated rings. The van der Waals surface area contributed by atoms with Gasteiger partial charge in [-0.2, -0.15) is 0 Å². The van der Waals surface area contributed by atoms with Crippen LogP contribution in [0.3, 0.4) is 0 Å². The zero-order valence-corrected chi connectivity index (χ0v) is 8.32. The first kappa shape index (κ1) is 11.0. The SMILES string of the molecule is COc1ccccc1CC(=O)NC(N)=O. The summed E-state index contributed by atoms with van der Waals surface area (Å²) in [7, 11) is 1.52. The third-order valence-electron chi connectivity index (χ3n) is 1.81. The van der Waals surface area contributed by atoms with Crippen molar-refractivity contribution in [2.75, 3.05) is 7.11 Å². The number of hydrogen-bond acceptors (Lipinski definition) is 3. The first-order valence-corrected chi connectivity index (χ1v) is 4.34. The molecule has 0 unspecified atom stereocenters. The van der Waals surface area contributed by atoms with E-state index in [2.05, 4.69) is 0 Å². The van der Waals surface area contributed by atoms with Gasteiger partial charge in [-0.3, -0.25) is 10.1 Å². The van der Waals surface area contributed by atoms with Crippen molar-refractivity contribution in [3.63, 3.8) is 0 Å². The third kappa shape index (κ3) is 3.30. The molecule has 0 bridgehead atoms. The van der Waals surface area contributed by atoms with Gasteiger partial charge in [0.15, 0.2) is 0 Å². The predicted molar refractivity (Wildman–Crippen MR) is 54.4 cm³/mol. The molecule has 1 aromatic rings. The molecule has 0 atom stereocenters. The second-order valence-corrected chi connectivity index (χ2v) is 2.90. The monoisotopic (exact) mass is 208 g/mol. The molecule has 1 rings (SSSR count). The lowest BCUT2D eigenvalue weighted by atomic mass is 10.1. The number of ether oxygens (including phenoxy) is 1. The van der Waals surface area contributed by atoms with Crippen LogP contribution in [0.25, 0.3) is 0 Å². The van der Waals surface area contributed by atoms with Gasteiger partial charge >= 0.3 is 6.03 Å². The molecule has 0 aliphatic carbocycles. The second-order valence-electron chi connectivity index (χ2n) is 2.90. The molecule has 5 heteroatoms. The third-order valence-corrected chi connectivity index (χ3v) is 1.81. The van der Waals surface area contributed by atoms with Crippen LogP contribution in [-0.2, 0) is 11.2 Å². The molecule has 1 aromatic carbocycles. The number of urea groups is 1. The fourth-order valence-electron chi connectivity index (χ4n) is 1.20. The molecule has 0 saturated carbocycles. The average molecular weight is 208 g/mol. The van der Waals surface area contributed by atoms with Gasteiger partial charge in [0.05, 0.1) is 13.5 Å². The number of amides is 3. The standard InChI is InChI=1S/C10H12N2O3/c1-15-8-5-3-2-4-7(8)6-9(13)12-10(11)14/h2-5H,6H2,1H3,(H3,11,12,13,14). The van der Waals surface area contributed by atoms with Crippen LogP contribution >= 0.6 is 0 Å². The Kier molecular flexibility index (Phi) is 3.68. The zero-order valence-electron chi connectivity index (χ0n) is 8.32. The Morgan fingerprint density at radius 1 is 1.40 bits per heavy atom. The molecule has 0 heterocycles. The van der Waals surface area contributed by atoms with Gasteiger partial charge in [-0.15, -0.1) is 0 Å². The Hall–Kier alpha value is -2.04. The Labute approximate surface area is 87.2 Å². The minimum atomic E-state index is -0.852. The van der Waals surface area contributed by atoms with Crippen molar-refractivity contribution in [1.82, 2.24) is 5.32 Å². The molecular formula is C10H12N2O3. The summed E-state index contributed by atoms with van der Waals surface area (Å²) in [6, 6.07) is 6.23. The summed E-state index contributed by atoms with van der Waals surface area (Å²) in [4.78, 5) is 21.6. The van der Waals surface area contributed by atoms with Crippen molar-refractivity contribution in [1.29, 1.82) is 0 Å². The summed E-state index contributed by atoms with van der Waals surface area (Å²) in [5.41, 5.74) is 5.52. The Balaban J connectivity index is 2.71. The fraction of sp³-hybridized carbons (Fsp3) is 0.200. The van der Waals surface area contributed by atoms with Gasteiger partial charge in [-0.1, -0.05) is 18.2 Å². The number of primary amides is 1. The van der Waals surface area contributed by atoms with E-state index in [1.165, 1.54) is 7.11 Å². The molecule has 5 nitrogen and oxygen atoms in total. The number of benzene rings is 1. The highest BCUT2D eigenvalue weighted by atomic mass is 16.5. The zero-order chi connectivity index (χ0) is 11.3. The average Bonchev–Trinajstić information content (AvgIpc) is 2.17. The molecule has 0 radical (unpaired) electrons. The second kappa shape index (κ2) is 4.99. The predicted octanol–water partition coefficient (Wildman–Crippen LogP) is 0.433. The number of para-hydroxylation sites is 1. The van der Waals surface area contributed by atoms with Gasteiger partial charge in [-0.25, -0.2) is 4.79 Å². The topological polar surface area (TPSA) is 81.4 Å². The van der Waals surface area contributed by atoms with Gasteiger partial charge in [-0.05, 0) is 6.07 Å². The molecule has 0 aliphatic heterocycles. The summed E-state index contributed by atoms with van der Waals surface area (Å²) in [5, 5.41) is 1.99. The Morgan fingerprint density at radius 2 is 2.07 bits per heavy atom.